The molecule has 1 aromatic rings. The van der Waals surface area contributed by atoms with E-state index in [-0.39, 0.29) is 5.75 Å². The molecule has 1 rings (SSSR count). The van der Waals surface area contributed by atoms with Crippen molar-refractivity contribution < 1.29 is 9.84 Å². The summed E-state index contributed by atoms with van der Waals surface area (Å²) in [7, 11) is 1.50. The second kappa shape index (κ2) is 4.45. The van der Waals surface area contributed by atoms with Crippen molar-refractivity contribution in [1.29, 1.82) is 0 Å². The van der Waals surface area contributed by atoms with Gasteiger partial charge in [0, 0.05) is 16.6 Å². The van der Waals surface area contributed by atoms with E-state index in [4.69, 9.17) is 10.6 Å². The highest BCUT2D eigenvalue weighted by Gasteiger charge is 2.10. The summed E-state index contributed by atoms with van der Waals surface area (Å²) in [6.07, 6.45) is 0. The van der Waals surface area contributed by atoms with Gasteiger partial charge in [-0.1, -0.05) is 15.9 Å². The zero-order valence-electron chi connectivity index (χ0n) is 7.17. The Labute approximate surface area is 84.8 Å². The molecule has 5 heteroatoms. The molecule has 13 heavy (non-hydrogen) atoms. The fourth-order valence-corrected chi connectivity index (χ4v) is 1.49. The number of ether oxygens (including phenoxy) is 1. The number of hydrogen-bond donors (Lipinski definition) is 3. The van der Waals surface area contributed by atoms with E-state index in [2.05, 4.69) is 21.4 Å². The molecule has 0 amide bonds. The van der Waals surface area contributed by atoms with Crippen molar-refractivity contribution in [3.63, 3.8) is 0 Å². The molecule has 0 aliphatic heterocycles. The van der Waals surface area contributed by atoms with Crippen LogP contribution in [0.3, 0.4) is 0 Å². The lowest BCUT2D eigenvalue weighted by Gasteiger charge is -2.10. The maximum Gasteiger partial charge on any atom is 0.163 e. The number of nitrogens with two attached hydrogens (primary N) is 1. The molecular formula is C8H11BrN2O2. The van der Waals surface area contributed by atoms with Crippen LogP contribution < -0.4 is 16.0 Å². The van der Waals surface area contributed by atoms with Crippen LogP contribution in [0.1, 0.15) is 5.56 Å². The molecule has 0 heterocycles. The first kappa shape index (κ1) is 10.3. The van der Waals surface area contributed by atoms with E-state index >= 15 is 0 Å². The number of rotatable bonds is 3. The topological polar surface area (TPSA) is 67.5 Å². The van der Waals surface area contributed by atoms with E-state index in [0.29, 0.717) is 17.9 Å². The monoisotopic (exact) mass is 246 g/mol. The van der Waals surface area contributed by atoms with Crippen LogP contribution in [-0.2, 0) is 6.54 Å². The molecule has 4 N–H and O–H groups in total. The van der Waals surface area contributed by atoms with Gasteiger partial charge in [0.1, 0.15) is 0 Å². The molecule has 4 nitrogen and oxygen atoms in total. The van der Waals surface area contributed by atoms with Gasteiger partial charge in [0.05, 0.1) is 7.11 Å². The van der Waals surface area contributed by atoms with Crippen LogP contribution in [0.15, 0.2) is 16.6 Å². The minimum absolute atomic E-state index is 0.106. The van der Waals surface area contributed by atoms with Gasteiger partial charge in [0.15, 0.2) is 11.5 Å². The summed E-state index contributed by atoms with van der Waals surface area (Å²) >= 11 is 3.30. The van der Waals surface area contributed by atoms with E-state index in [1.54, 1.807) is 12.1 Å². The predicted octanol–water partition coefficient (Wildman–Crippen LogP) is 1.13. The van der Waals surface area contributed by atoms with Gasteiger partial charge < -0.3 is 9.84 Å². The largest absolute Gasteiger partial charge is 0.504 e. The lowest BCUT2D eigenvalue weighted by molar-refractivity contribution is 0.369. The van der Waals surface area contributed by atoms with Gasteiger partial charge in [0.25, 0.3) is 0 Å². The zero-order valence-corrected chi connectivity index (χ0v) is 8.76. The summed E-state index contributed by atoms with van der Waals surface area (Å²) in [4.78, 5) is 0. The first-order chi connectivity index (χ1) is 6.20. The van der Waals surface area contributed by atoms with E-state index < -0.39 is 0 Å². The summed E-state index contributed by atoms with van der Waals surface area (Å²) in [6.45, 7) is 0.379. The van der Waals surface area contributed by atoms with Gasteiger partial charge in [-0.25, -0.2) is 0 Å². The fraction of sp³-hybridized carbons (Fsp3) is 0.250. The Balaban J connectivity index is 3.13. The van der Waals surface area contributed by atoms with Gasteiger partial charge in [-0.3, -0.25) is 11.3 Å². The normalized spacial score (nSPS) is 10.1. The quantitative estimate of drug-likeness (QED) is 0.553. The van der Waals surface area contributed by atoms with Gasteiger partial charge >= 0.3 is 0 Å². The second-order valence-corrected chi connectivity index (χ2v) is 3.31. The molecule has 0 radical (unpaired) electrons. The minimum Gasteiger partial charge on any atom is -0.504 e. The van der Waals surface area contributed by atoms with Gasteiger partial charge in [-0.05, 0) is 12.1 Å². The van der Waals surface area contributed by atoms with Crippen molar-refractivity contribution in [2.45, 2.75) is 6.54 Å². The standard InChI is InChI=1S/C8H11BrN2O2/c1-13-7-3-2-6(9)5(4-11-10)8(7)12/h2-3,11-12H,4,10H2,1H3. The number of halogens is 1. The van der Waals surface area contributed by atoms with E-state index in [0.717, 1.165) is 4.47 Å². The molecule has 0 aliphatic rings. The van der Waals surface area contributed by atoms with Crippen molar-refractivity contribution in [3.8, 4) is 11.5 Å². The first-order valence-electron chi connectivity index (χ1n) is 3.68. The van der Waals surface area contributed by atoms with Crippen molar-refractivity contribution in [2.75, 3.05) is 7.11 Å². The van der Waals surface area contributed by atoms with Crippen LogP contribution in [-0.4, -0.2) is 12.2 Å². The predicted molar refractivity (Wildman–Crippen MR) is 53.4 cm³/mol. The maximum atomic E-state index is 9.65. The number of methoxy groups -OCH3 is 1. The average molecular weight is 247 g/mol. The van der Waals surface area contributed by atoms with Crippen LogP contribution in [0.25, 0.3) is 0 Å². The van der Waals surface area contributed by atoms with Crippen LogP contribution in [0.4, 0.5) is 0 Å². The molecule has 1 aromatic carbocycles. The third kappa shape index (κ3) is 2.12. The highest BCUT2D eigenvalue weighted by atomic mass is 79.9. The highest BCUT2D eigenvalue weighted by molar-refractivity contribution is 9.10. The Morgan fingerprint density at radius 2 is 2.31 bits per heavy atom. The minimum atomic E-state index is 0.106. The third-order valence-corrected chi connectivity index (χ3v) is 2.43. The Kier molecular flexibility index (Phi) is 3.53. The van der Waals surface area contributed by atoms with Crippen LogP contribution in [0, 0.1) is 0 Å². The van der Waals surface area contributed by atoms with Crippen LogP contribution in [0.2, 0.25) is 0 Å². The number of nitrogens with one attached hydrogen (secondary N) is 1. The van der Waals surface area contributed by atoms with E-state index in [9.17, 15) is 5.11 Å². The summed E-state index contributed by atoms with van der Waals surface area (Å²) in [6, 6.07) is 3.48. The molecular weight excluding hydrogens is 236 g/mol. The maximum absolute atomic E-state index is 9.65. The summed E-state index contributed by atoms with van der Waals surface area (Å²) in [5.74, 6) is 5.71. The number of benzene rings is 1. The van der Waals surface area contributed by atoms with Crippen LogP contribution in [0.5, 0.6) is 11.5 Å². The van der Waals surface area contributed by atoms with Crippen molar-refractivity contribution in [1.82, 2.24) is 5.43 Å². The summed E-state index contributed by atoms with van der Waals surface area (Å²) in [5, 5.41) is 9.65. The smallest absolute Gasteiger partial charge is 0.163 e. The van der Waals surface area contributed by atoms with Crippen molar-refractivity contribution in [2.24, 2.45) is 5.84 Å². The molecule has 0 spiro atoms. The number of aromatic hydroxyl groups is 1. The fourth-order valence-electron chi connectivity index (χ4n) is 1.03. The zero-order chi connectivity index (χ0) is 9.84. The lowest BCUT2D eigenvalue weighted by atomic mass is 10.2. The Hall–Kier alpha value is -0.780. The van der Waals surface area contributed by atoms with E-state index in [1.807, 2.05) is 0 Å². The molecule has 0 bridgehead atoms. The van der Waals surface area contributed by atoms with Gasteiger partial charge in [-0.15, -0.1) is 0 Å². The molecule has 0 fully saturated rings. The highest BCUT2D eigenvalue weighted by Crippen LogP contribution is 2.34. The van der Waals surface area contributed by atoms with Gasteiger partial charge in [-0.2, -0.15) is 0 Å². The molecule has 0 aromatic heterocycles. The average Bonchev–Trinajstić information content (AvgIpc) is 2.12. The number of hydrogen-bond acceptors (Lipinski definition) is 4. The molecule has 0 aliphatic carbocycles. The lowest BCUT2D eigenvalue weighted by Crippen LogP contribution is -2.21. The first-order valence-corrected chi connectivity index (χ1v) is 4.47. The SMILES string of the molecule is COc1ccc(Br)c(CNN)c1O. The third-order valence-electron chi connectivity index (χ3n) is 1.69. The summed E-state index contributed by atoms with van der Waals surface area (Å²) in [5.41, 5.74) is 3.15. The molecule has 0 saturated carbocycles. The molecule has 0 saturated heterocycles. The molecule has 72 valence electrons. The molecule has 0 unspecified atom stereocenters. The summed E-state index contributed by atoms with van der Waals surface area (Å²) < 4.78 is 5.74. The van der Waals surface area contributed by atoms with E-state index in [1.165, 1.54) is 7.11 Å². The molecule has 0 atom stereocenters. The Bertz CT molecular complexity index is 304. The Morgan fingerprint density at radius 3 is 2.85 bits per heavy atom. The second-order valence-electron chi connectivity index (χ2n) is 2.46. The number of phenols is 1. The number of phenolic OH excluding ortho intramolecular Hbond substituents is 1. The van der Waals surface area contributed by atoms with Crippen molar-refractivity contribution >= 4 is 15.9 Å². The number of hydrazine groups is 1. The van der Waals surface area contributed by atoms with Crippen LogP contribution >= 0.6 is 15.9 Å². The van der Waals surface area contributed by atoms with Gasteiger partial charge in [0.2, 0.25) is 0 Å². The Morgan fingerprint density at radius 1 is 1.62 bits per heavy atom. The van der Waals surface area contributed by atoms with Crippen molar-refractivity contribution in [3.05, 3.63) is 22.2 Å².